The Hall–Kier alpha value is -1.31. The maximum atomic E-state index is 13.3. The van der Waals surface area contributed by atoms with Gasteiger partial charge in [0.15, 0.2) is 10.0 Å². The molecule has 44 heavy (non-hydrogen) atoms. The van der Waals surface area contributed by atoms with Gasteiger partial charge in [0.2, 0.25) is 0 Å². The Morgan fingerprint density at radius 3 is 1.34 bits per heavy atom. The number of hydrogen-bond donors (Lipinski definition) is 0. The van der Waals surface area contributed by atoms with E-state index in [-0.39, 0.29) is 18.2 Å². The molecule has 0 saturated carbocycles. The van der Waals surface area contributed by atoms with Crippen LogP contribution >= 0.6 is 0 Å². The zero-order valence-corrected chi connectivity index (χ0v) is 26.4. The first-order valence-corrected chi connectivity index (χ1v) is 16.2. The van der Waals surface area contributed by atoms with Crippen LogP contribution in [0, 0.1) is 11.8 Å². The predicted octanol–water partition coefficient (Wildman–Crippen LogP) is 7.13. The van der Waals surface area contributed by atoms with E-state index < -0.39 is 104 Å². The molecule has 0 aliphatic carbocycles. The number of alkyl halides is 12. The van der Waals surface area contributed by atoms with Crippen molar-refractivity contribution in [3.8, 4) is 0 Å². The molecule has 0 radical (unpaired) electrons. The SMILES string of the molecule is CC(C)[C@H](CN(C[C@H]([N-]S(=O)(=O)C(F)(F)F)C(C)C)CC(F)(F)F)[N-]S(=O)(=O)c1cc(C(F)(F)F)cc(C(F)(F)F)c1.[CH3][Al+2]. The molecule has 0 spiro atoms. The fourth-order valence-electron chi connectivity index (χ4n) is 3.27. The molecular formula is C22H28AlF12N3O4S2. The van der Waals surface area contributed by atoms with Crippen LogP contribution in [0.5, 0.6) is 0 Å². The molecule has 0 heterocycles. The van der Waals surface area contributed by atoms with E-state index in [0.29, 0.717) is 4.90 Å². The summed E-state index contributed by atoms with van der Waals surface area (Å²) in [6.07, 6.45) is -15.9. The minimum absolute atomic E-state index is 0.144. The number of benzene rings is 1. The van der Waals surface area contributed by atoms with Crippen molar-refractivity contribution in [3.63, 3.8) is 0 Å². The first-order valence-electron chi connectivity index (χ1n) is 12.1. The van der Waals surface area contributed by atoms with Gasteiger partial charge in [0.05, 0.1) is 17.7 Å². The van der Waals surface area contributed by atoms with Crippen molar-refractivity contribution in [2.75, 3.05) is 19.6 Å². The zero-order valence-electron chi connectivity index (χ0n) is 23.6. The molecule has 0 unspecified atom stereocenters. The summed E-state index contributed by atoms with van der Waals surface area (Å²) in [5.41, 5.74) is -9.88. The molecule has 0 amide bonds. The van der Waals surface area contributed by atoms with Crippen LogP contribution in [-0.4, -0.2) is 81.4 Å². The third-order valence-corrected chi connectivity index (χ3v) is 8.05. The predicted molar refractivity (Wildman–Crippen MR) is 137 cm³/mol. The van der Waals surface area contributed by atoms with Gasteiger partial charge in [-0.25, -0.2) is 16.8 Å². The van der Waals surface area contributed by atoms with Crippen LogP contribution in [0.25, 0.3) is 9.44 Å². The Bertz CT molecular complexity index is 1250. The Morgan fingerprint density at radius 1 is 0.682 bits per heavy atom. The Morgan fingerprint density at radius 2 is 1.05 bits per heavy atom. The van der Waals surface area contributed by atoms with Gasteiger partial charge in [-0.05, 0) is 31.3 Å². The van der Waals surface area contributed by atoms with Gasteiger partial charge < -0.3 is 9.44 Å². The fraction of sp³-hybridized carbons (Fsp3) is 0.727. The van der Waals surface area contributed by atoms with Crippen molar-refractivity contribution < 1.29 is 69.5 Å². The minimum atomic E-state index is -6.16. The second kappa shape index (κ2) is 15.5. The van der Waals surface area contributed by atoms with E-state index in [0.717, 1.165) is 13.8 Å². The summed E-state index contributed by atoms with van der Waals surface area (Å²) in [7, 11) is -11.6. The van der Waals surface area contributed by atoms with Crippen LogP contribution in [0.3, 0.4) is 0 Å². The van der Waals surface area contributed by atoms with E-state index in [4.69, 9.17) is 0 Å². The van der Waals surface area contributed by atoms with E-state index >= 15 is 0 Å². The molecule has 1 aromatic carbocycles. The Kier molecular flexibility index (Phi) is 15.1. The molecule has 0 aliphatic heterocycles. The molecule has 0 saturated heterocycles. The number of nitrogens with zero attached hydrogens (tertiary/aromatic N) is 3. The molecule has 2 atom stereocenters. The van der Waals surface area contributed by atoms with Crippen molar-refractivity contribution in [1.82, 2.24) is 4.90 Å². The molecular weight excluding hydrogens is 689 g/mol. The molecule has 1 aromatic rings. The zero-order chi connectivity index (χ0) is 35.3. The molecule has 1 rings (SSSR count). The molecule has 254 valence electrons. The van der Waals surface area contributed by atoms with Crippen LogP contribution in [0.2, 0.25) is 5.79 Å². The van der Waals surface area contributed by atoms with Gasteiger partial charge in [0.1, 0.15) is 10.0 Å². The third-order valence-electron chi connectivity index (χ3n) is 5.53. The van der Waals surface area contributed by atoms with E-state index in [1.165, 1.54) is 13.8 Å². The summed E-state index contributed by atoms with van der Waals surface area (Å²) in [6, 6.07) is -4.37. The van der Waals surface area contributed by atoms with Crippen LogP contribution in [0.15, 0.2) is 23.1 Å². The van der Waals surface area contributed by atoms with E-state index in [1.54, 1.807) is 0 Å². The summed E-state index contributed by atoms with van der Waals surface area (Å²) < 4.78 is 212. The Labute approximate surface area is 255 Å². The number of rotatable bonds is 12. The monoisotopic (exact) mass is 717 g/mol. The van der Waals surface area contributed by atoms with Gasteiger partial charge in [-0.2, -0.15) is 52.7 Å². The van der Waals surface area contributed by atoms with Gasteiger partial charge in [-0.1, -0.05) is 39.5 Å². The first kappa shape index (κ1) is 42.7. The van der Waals surface area contributed by atoms with Crippen molar-refractivity contribution >= 4 is 36.3 Å². The average molecular weight is 718 g/mol. The van der Waals surface area contributed by atoms with E-state index in [9.17, 15) is 69.5 Å². The third kappa shape index (κ3) is 13.6. The van der Waals surface area contributed by atoms with Crippen molar-refractivity contribution in [3.05, 3.63) is 38.8 Å². The summed E-state index contributed by atoms with van der Waals surface area (Å²) in [4.78, 5) is -1.26. The number of sulfonamides is 2. The van der Waals surface area contributed by atoms with Gasteiger partial charge in [-0.3, -0.25) is 4.90 Å². The summed E-state index contributed by atoms with van der Waals surface area (Å²) in [5, 5.41) is 0. The van der Waals surface area contributed by atoms with Gasteiger partial charge in [0.25, 0.3) is 0 Å². The van der Waals surface area contributed by atoms with Crippen molar-refractivity contribution in [2.45, 2.75) is 74.5 Å². The fourth-order valence-corrected chi connectivity index (χ4v) is 5.40. The summed E-state index contributed by atoms with van der Waals surface area (Å²) in [5.74, 6) is -0.223. The quantitative estimate of drug-likeness (QED) is 0.169. The molecule has 0 N–H and O–H groups in total. The van der Waals surface area contributed by atoms with E-state index in [2.05, 4.69) is 25.7 Å². The topological polar surface area (TPSA) is 99.7 Å². The van der Waals surface area contributed by atoms with Crippen LogP contribution in [0.1, 0.15) is 38.8 Å². The summed E-state index contributed by atoms with van der Waals surface area (Å²) in [6.45, 7) is 0.568. The normalized spacial score (nSPS) is 15.4. The maximum absolute atomic E-state index is 13.3. The van der Waals surface area contributed by atoms with Crippen LogP contribution < -0.4 is 0 Å². The van der Waals surface area contributed by atoms with Crippen LogP contribution in [0.4, 0.5) is 52.7 Å². The number of halogens is 12. The molecule has 0 fully saturated rings. The van der Waals surface area contributed by atoms with Crippen LogP contribution in [-0.2, 0) is 32.4 Å². The number of hydrogen-bond acceptors (Lipinski definition) is 5. The molecule has 0 bridgehead atoms. The van der Waals surface area contributed by atoms with Gasteiger partial charge >= 0.3 is 46.1 Å². The molecule has 0 aliphatic rings. The second-order valence-corrected chi connectivity index (χ2v) is 13.0. The molecule has 0 aromatic heterocycles. The first-order chi connectivity index (χ1) is 19.5. The molecule has 7 nitrogen and oxygen atoms in total. The van der Waals surface area contributed by atoms with Gasteiger partial charge in [0, 0.05) is 4.90 Å². The van der Waals surface area contributed by atoms with E-state index in [1.807, 2.05) is 5.79 Å². The van der Waals surface area contributed by atoms with Crippen molar-refractivity contribution in [2.24, 2.45) is 11.8 Å². The van der Waals surface area contributed by atoms with Crippen molar-refractivity contribution in [1.29, 1.82) is 0 Å². The standard InChI is InChI=1S/C21H25F12N3O4S2.CH3.Al/c1-11(2)16(34-41(37,38)15-6-13(19(25,26)27)5-14(7-15)20(28,29)30)8-36(10-18(22,23)24)9-17(12(3)4)35-42(39,40)21(31,32)33;;/h5-7,11-12,16-17H,8-10H2,1-4H3;1H3;/q-2;;+2/t16-,17-;;/m0../s1. The van der Waals surface area contributed by atoms with Gasteiger partial charge in [-0.15, -0.1) is 12.1 Å². The Balaban J connectivity index is 0.00000904. The average Bonchev–Trinajstić information content (AvgIpc) is 2.81. The summed E-state index contributed by atoms with van der Waals surface area (Å²) >= 11 is 2.42. The molecule has 22 heteroatoms. The second-order valence-electron chi connectivity index (χ2n) is 9.78.